The van der Waals surface area contributed by atoms with E-state index in [0.717, 1.165) is 0 Å². The van der Waals surface area contributed by atoms with Crippen molar-refractivity contribution in [3.05, 3.63) is 0 Å². The van der Waals surface area contributed by atoms with E-state index in [4.69, 9.17) is 22.9 Å². The summed E-state index contributed by atoms with van der Waals surface area (Å²) in [5.41, 5.74) is 21.2. The Morgan fingerprint density at radius 2 is 1.50 bits per heavy atom. The van der Waals surface area contributed by atoms with Gasteiger partial charge in [0.2, 0.25) is 17.7 Å². The zero-order chi connectivity index (χ0) is 14.3. The van der Waals surface area contributed by atoms with E-state index in [1.54, 1.807) is 0 Å². The molecule has 0 heterocycles. The molecule has 3 atom stereocenters. The van der Waals surface area contributed by atoms with Gasteiger partial charge in [0.1, 0.15) is 0 Å². The number of hydrogen-bond acceptors (Lipinski definition) is 6. The summed E-state index contributed by atoms with van der Waals surface area (Å²) in [7, 11) is 0. The molecule has 0 radical (unpaired) electrons. The summed E-state index contributed by atoms with van der Waals surface area (Å²) in [4.78, 5) is 33.2. The maximum atomic E-state index is 11.4. The lowest BCUT2D eigenvalue weighted by molar-refractivity contribution is -0.131. The van der Waals surface area contributed by atoms with Crippen molar-refractivity contribution in [2.75, 3.05) is 0 Å². The predicted molar refractivity (Wildman–Crippen MR) is 65.8 cm³/mol. The van der Waals surface area contributed by atoms with E-state index in [-0.39, 0.29) is 0 Å². The Kier molecular flexibility index (Phi) is 7.10. The second-order valence-corrected chi connectivity index (χ2v) is 4.19. The normalized spacial score (nSPS) is 15.6. The van der Waals surface area contributed by atoms with Crippen molar-refractivity contribution in [3.8, 4) is 0 Å². The van der Waals surface area contributed by atoms with Gasteiger partial charge in [-0.05, 0) is 26.2 Å². The van der Waals surface area contributed by atoms with Gasteiger partial charge < -0.3 is 22.9 Å². The number of carbonyl (C=O) groups is 3. The van der Waals surface area contributed by atoms with Crippen molar-refractivity contribution >= 4 is 17.7 Å². The smallest absolute Gasteiger partial charge is 0.243 e. The highest BCUT2D eigenvalue weighted by Gasteiger charge is 2.18. The second kappa shape index (κ2) is 7.75. The zero-order valence-electron chi connectivity index (χ0n) is 10.4. The Labute approximate surface area is 105 Å². The molecule has 104 valence electrons. The summed E-state index contributed by atoms with van der Waals surface area (Å²) in [6.07, 6.45) is 1.11. The molecule has 3 amide bonds. The zero-order valence-corrected chi connectivity index (χ0v) is 10.4. The first-order valence-corrected chi connectivity index (χ1v) is 5.66. The van der Waals surface area contributed by atoms with E-state index in [1.165, 1.54) is 6.92 Å². The predicted octanol–water partition coefficient (Wildman–Crippen LogP) is -2.71. The third-order valence-corrected chi connectivity index (χ3v) is 2.39. The van der Waals surface area contributed by atoms with Crippen molar-refractivity contribution < 1.29 is 14.4 Å². The summed E-state index contributed by atoms with van der Waals surface area (Å²) in [6, 6.07) is -2.36. The quantitative estimate of drug-likeness (QED) is 0.333. The van der Waals surface area contributed by atoms with Crippen molar-refractivity contribution in [1.82, 2.24) is 5.32 Å². The number of imide groups is 1. The number of amides is 3. The molecular weight excluding hydrogens is 238 g/mol. The number of rotatable bonds is 7. The summed E-state index contributed by atoms with van der Waals surface area (Å²) < 4.78 is 0. The van der Waals surface area contributed by atoms with Gasteiger partial charge >= 0.3 is 0 Å². The molecule has 0 fully saturated rings. The molecule has 0 aliphatic carbocycles. The number of nitrogens with two attached hydrogens (primary N) is 4. The standard InChI is InChI=1S/C10H21N5O3/c1-5(11)9(17)15-10(18)7(13)4-2-3-6(12)8(14)16/h5-7H,2-4,11-13H2,1H3,(H2,14,16)(H,15,17,18)/t5-,6+,7-/m1/s1. The first-order valence-electron chi connectivity index (χ1n) is 5.66. The molecule has 0 unspecified atom stereocenters. The highest BCUT2D eigenvalue weighted by atomic mass is 16.2. The number of hydrogen-bond donors (Lipinski definition) is 5. The Morgan fingerprint density at radius 3 is 1.94 bits per heavy atom. The van der Waals surface area contributed by atoms with Gasteiger partial charge in [0, 0.05) is 0 Å². The Bertz CT molecular complexity index is 319. The van der Waals surface area contributed by atoms with E-state index >= 15 is 0 Å². The van der Waals surface area contributed by atoms with Gasteiger partial charge in [0.25, 0.3) is 0 Å². The van der Waals surface area contributed by atoms with Gasteiger partial charge in [-0.25, -0.2) is 0 Å². The fourth-order valence-corrected chi connectivity index (χ4v) is 1.16. The fraction of sp³-hybridized carbons (Fsp3) is 0.700. The van der Waals surface area contributed by atoms with Crippen molar-refractivity contribution in [2.24, 2.45) is 22.9 Å². The highest BCUT2D eigenvalue weighted by molar-refractivity contribution is 5.99. The maximum absolute atomic E-state index is 11.4. The van der Waals surface area contributed by atoms with E-state index in [2.05, 4.69) is 5.32 Å². The SMILES string of the molecule is C[C@@H](N)C(=O)NC(=O)[C@H](N)CCC[C@H](N)C(N)=O. The molecule has 0 aromatic carbocycles. The minimum atomic E-state index is -0.840. The van der Waals surface area contributed by atoms with Crippen LogP contribution in [-0.2, 0) is 14.4 Å². The van der Waals surface area contributed by atoms with Crippen LogP contribution >= 0.6 is 0 Å². The van der Waals surface area contributed by atoms with E-state index < -0.39 is 35.8 Å². The van der Waals surface area contributed by atoms with Crippen LogP contribution in [0, 0.1) is 0 Å². The lowest BCUT2D eigenvalue weighted by atomic mass is 10.1. The highest BCUT2D eigenvalue weighted by Crippen LogP contribution is 2.01. The summed E-state index contributed by atoms with van der Waals surface area (Å²) >= 11 is 0. The lowest BCUT2D eigenvalue weighted by Crippen LogP contribution is -2.48. The minimum absolute atomic E-state index is 0.305. The van der Waals surface area contributed by atoms with Crippen LogP contribution in [0.2, 0.25) is 0 Å². The molecule has 0 aromatic rings. The number of nitrogens with one attached hydrogen (secondary N) is 1. The lowest BCUT2D eigenvalue weighted by Gasteiger charge is -2.13. The molecule has 9 N–H and O–H groups in total. The second-order valence-electron chi connectivity index (χ2n) is 4.19. The van der Waals surface area contributed by atoms with Crippen molar-refractivity contribution in [3.63, 3.8) is 0 Å². The van der Waals surface area contributed by atoms with Gasteiger partial charge in [-0.15, -0.1) is 0 Å². The molecule has 18 heavy (non-hydrogen) atoms. The molecule has 8 nitrogen and oxygen atoms in total. The van der Waals surface area contributed by atoms with Crippen LogP contribution in [-0.4, -0.2) is 35.8 Å². The Balaban J connectivity index is 3.95. The van der Waals surface area contributed by atoms with Crippen molar-refractivity contribution in [2.45, 2.75) is 44.3 Å². The number of carbonyl (C=O) groups excluding carboxylic acids is 3. The van der Waals surface area contributed by atoms with Gasteiger partial charge in [0.05, 0.1) is 18.1 Å². The first-order chi connectivity index (χ1) is 8.25. The molecule has 0 saturated carbocycles. The number of primary amides is 1. The van der Waals surface area contributed by atoms with E-state index in [9.17, 15) is 14.4 Å². The monoisotopic (exact) mass is 259 g/mol. The van der Waals surface area contributed by atoms with Gasteiger partial charge in [0.15, 0.2) is 0 Å². The van der Waals surface area contributed by atoms with Crippen LogP contribution in [0.1, 0.15) is 26.2 Å². The molecule has 0 rings (SSSR count). The fourth-order valence-electron chi connectivity index (χ4n) is 1.16. The van der Waals surface area contributed by atoms with Gasteiger partial charge in [-0.2, -0.15) is 0 Å². The van der Waals surface area contributed by atoms with Crippen LogP contribution in [0.5, 0.6) is 0 Å². The average molecular weight is 259 g/mol. The van der Waals surface area contributed by atoms with Gasteiger partial charge in [-0.3, -0.25) is 19.7 Å². The van der Waals surface area contributed by atoms with Crippen LogP contribution in [0.25, 0.3) is 0 Å². The molecule has 0 aliphatic rings. The Morgan fingerprint density at radius 1 is 1.00 bits per heavy atom. The van der Waals surface area contributed by atoms with E-state index in [1.807, 2.05) is 0 Å². The summed E-state index contributed by atoms with van der Waals surface area (Å²) in [6.45, 7) is 1.46. The molecular formula is C10H21N5O3. The molecule has 8 heteroatoms. The topological polar surface area (TPSA) is 167 Å². The summed E-state index contributed by atoms with van der Waals surface area (Å²) in [5, 5.41) is 2.09. The largest absolute Gasteiger partial charge is 0.368 e. The Hall–Kier alpha value is -1.51. The van der Waals surface area contributed by atoms with Crippen LogP contribution in [0.15, 0.2) is 0 Å². The maximum Gasteiger partial charge on any atom is 0.243 e. The minimum Gasteiger partial charge on any atom is -0.368 e. The molecule has 0 aliphatic heterocycles. The first kappa shape index (κ1) is 16.5. The van der Waals surface area contributed by atoms with Crippen LogP contribution in [0.4, 0.5) is 0 Å². The third kappa shape index (κ3) is 6.28. The van der Waals surface area contributed by atoms with Crippen LogP contribution in [0.3, 0.4) is 0 Å². The molecule has 0 bridgehead atoms. The molecule has 0 aromatic heterocycles. The van der Waals surface area contributed by atoms with Gasteiger partial charge in [-0.1, -0.05) is 0 Å². The summed E-state index contributed by atoms with van der Waals surface area (Å²) in [5.74, 6) is -1.77. The third-order valence-electron chi connectivity index (χ3n) is 2.39. The molecule has 0 spiro atoms. The van der Waals surface area contributed by atoms with Crippen LogP contribution < -0.4 is 28.3 Å². The molecule has 0 saturated heterocycles. The average Bonchev–Trinajstić information content (AvgIpc) is 2.27. The van der Waals surface area contributed by atoms with Crippen molar-refractivity contribution in [1.29, 1.82) is 0 Å². The van der Waals surface area contributed by atoms with E-state index in [0.29, 0.717) is 19.3 Å².